The number of carbonyl (C=O) groups is 1. The van der Waals surface area contributed by atoms with Gasteiger partial charge in [-0.15, -0.1) is 5.10 Å². The smallest absolute Gasteiger partial charge is 0.150 e. The van der Waals surface area contributed by atoms with Crippen molar-refractivity contribution < 1.29 is 9.53 Å². The Bertz CT molecular complexity index is 523. The van der Waals surface area contributed by atoms with E-state index in [1.54, 1.807) is 19.2 Å². The van der Waals surface area contributed by atoms with E-state index < -0.39 is 0 Å². The molecule has 1 heterocycles. The summed E-state index contributed by atoms with van der Waals surface area (Å²) < 4.78 is 5.15. The molecule has 0 saturated heterocycles. The van der Waals surface area contributed by atoms with Crippen LogP contribution in [0.4, 0.5) is 0 Å². The van der Waals surface area contributed by atoms with Crippen LogP contribution in [0.25, 0.3) is 10.9 Å². The molecule has 0 aliphatic rings. The molecular weight excluding hydrogens is 192 g/mol. The highest BCUT2D eigenvalue weighted by Crippen LogP contribution is 2.24. The highest BCUT2D eigenvalue weighted by atomic mass is 16.5. The van der Waals surface area contributed by atoms with Crippen LogP contribution in [0.1, 0.15) is 16.1 Å². The molecule has 0 fully saturated rings. The second kappa shape index (κ2) is 3.65. The Morgan fingerprint density at radius 1 is 1.27 bits per heavy atom. The van der Waals surface area contributed by atoms with E-state index in [2.05, 4.69) is 10.2 Å². The van der Waals surface area contributed by atoms with Crippen molar-refractivity contribution in [3.8, 4) is 5.75 Å². The Morgan fingerprint density at radius 2 is 2.07 bits per heavy atom. The molecule has 1 aromatic heterocycles. The average Bonchev–Trinajstić information content (AvgIpc) is 2.26. The minimum Gasteiger partial charge on any atom is -0.494 e. The summed E-state index contributed by atoms with van der Waals surface area (Å²) in [7, 11) is 1.55. The molecule has 76 valence electrons. The second-order valence-electron chi connectivity index (χ2n) is 3.26. The van der Waals surface area contributed by atoms with Crippen LogP contribution in [0.5, 0.6) is 5.75 Å². The highest BCUT2D eigenvalue weighted by molar-refractivity contribution is 5.90. The maximum absolute atomic E-state index is 10.7. The average molecular weight is 202 g/mol. The van der Waals surface area contributed by atoms with Crippen LogP contribution in [0.3, 0.4) is 0 Å². The molecule has 0 aliphatic heterocycles. The minimum atomic E-state index is 0.571. The molecule has 0 radical (unpaired) electrons. The molecular formula is C11H10N2O2. The van der Waals surface area contributed by atoms with Crippen LogP contribution in [0.2, 0.25) is 0 Å². The van der Waals surface area contributed by atoms with Gasteiger partial charge in [-0.1, -0.05) is 0 Å². The van der Waals surface area contributed by atoms with Gasteiger partial charge in [-0.05, 0) is 25.1 Å². The molecule has 0 bridgehead atoms. The fourth-order valence-corrected chi connectivity index (χ4v) is 1.48. The van der Waals surface area contributed by atoms with E-state index >= 15 is 0 Å². The van der Waals surface area contributed by atoms with Crippen molar-refractivity contribution >= 4 is 17.2 Å². The van der Waals surface area contributed by atoms with Gasteiger partial charge in [-0.25, -0.2) is 0 Å². The van der Waals surface area contributed by atoms with Gasteiger partial charge in [-0.2, -0.15) is 5.10 Å². The fourth-order valence-electron chi connectivity index (χ4n) is 1.48. The van der Waals surface area contributed by atoms with Gasteiger partial charge < -0.3 is 4.74 Å². The highest BCUT2D eigenvalue weighted by Gasteiger charge is 2.06. The molecule has 0 aliphatic carbocycles. The summed E-state index contributed by atoms with van der Waals surface area (Å²) in [5.41, 5.74) is 2.06. The number of aromatic nitrogens is 2. The van der Waals surface area contributed by atoms with Crippen molar-refractivity contribution in [3.63, 3.8) is 0 Å². The number of benzene rings is 1. The van der Waals surface area contributed by atoms with Gasteiger partial charge in [0.2, 0.25) is 0 Å². The summed E-state index contributed by atoms with van der Waals surface area (Å²) in [6.07, 6.45) is 0.789. The molecule has 0 unspecified atom stereocenters. The number of hydrogen-bond acceptors (Lipinski definition) is 4. The molecule has 4 heteroatoms. The molecule has 0 N–H and O–H groups in total. The van der Waals surface area contributed by atoms with Crippen LogP contribution < -0.4 is 4.74 Å². The summed E-state index contributed by atoms with van der Waals surface area (Å²) in [6, 6.07) is 5.30. The lowest BCUT2D eigenvalue weighted by Gasteiger charge is -2.05. The first kappa shape index (κ1) is 9.58. The van der Waals surface area contributed by atoms with Gasteiger partial charge >= 0.3 is 0 Å². The first-order valence-corrected chi connectivity index (χ1v) is 4.52. The Morgan fingerprint density at radius 3 is 2.73 bits per heavy atom. The van der Waals surface area contributed by atoms with E-state index in [-0.39, 0.29) is 0 Å². The number of rotatable bonds is 2. The van der Waals surface area contributed by atoms with Crippen LogP contribution in [-0.4, -0.2) is 23.6 Å². The van der Waals surface area contributed by atoms with Crippen molar-refractivity contribution in [2.75, 3.05) is 7.11 Å². The third kappa shape index (κ3) is 1.66. The molecule has 0 saturated carbocycles. The predicted molar refractivity (Wildman–Crippen MR) is 56.2 cm³/mol. The largest absolute Gasteiger partial charge is 0.494 e. The van der Waals surface area contributed by atoms with E-state index in [4.69, 9.17) is 4.74 Å². The molecule has 15 heavy (non-hydrogen) atoms. The Hall–Kier alpha value is -1.97. The van der Waals surface area contributed by atoms with Crippen LogP contribution in [0, 0.1) is 6.92 Å². The van der Waals surface area contributed by atoms with Gasteiger partial charge in [0.1, 0.15) is 17.6 Å². The number of aldehydes is 1. The number of ether oxygens (including phenoxy) is 1. The topological polar surface area (TPSA) is 52.1 Å². The first-order chi connectivity index (χ1) is 7.24. The number of aryl methyl sites for hydroxylation is 1. The lowest BCUT2D eigenvalue weighted by molar-refractivity contribution is 0.112. The van der Waals surface area contributed by atoms with E-state index in [9.17, 15) is 4.79 Å². The van der Waals surface area contributed by atoms with Crippen LogP contribution >= 0.6 is 0 Å². The van der Waals surface area contributed by atoms with Gasteiger partial charge in [0.25, 0.3) is 0 Å². The second-order valence-corrected chi connectivity index (χ2v) is 3.26. The lowest BCUT2D eigenvalue weighted by atomic mass is 10.1. The maximum Gasteiger partial charge on any atom is 0.150 e. The SMILES string of the molecule is COc1cc(C=O)cc2cc(C)nnc12. The summed E-state index contributed by atoms with van der Waals surface area (Å²) in [6.45, 7) is 1.85. The summed E-state index contributed by atoms with van der Waals surface area (Å²) in [5.74, 6) is 0.571. The number of methoxy groups -OCH3 is 1. The third-order valence-corrected chi connectivity index (χ3v) is 2.15. The van der Waals surface area contributed by atoms with E-state index in [0.717, 1.165) is 17.4 Å². The van der Waals surface area contributed by atoms with Crippen molar-refractivity contribution in [2.45, 2.75) is 6.92 Å². The van der Waals surface area contributed by atoms with Crippen LogP contribution in [0.15, 0.2) is 18.2 Å². The summed E-state index contributed by atoms with van der Waals surface area (Å²) in [5, 5.41) is 8.85. The van der Waals surface area contributed by atoms with Crippen molar-refractivity contribution in [1.29, 1.82) is 0 Å². The fraction of sp³-hybridized carbons (Fsp3) is 0.182. The molecule has 2 rings (SSSR count). The third-order valence-electron chi connectivity index (χ3n) is 2.15. The Kier molecular flexibility index (Phi) is 2.33. The molecule has 4 nitrogen and oxygen atoms in total. The normalized spacial score (nSPS) is 10.3. The van der Waals surface area contributed by atoms with Gasteiger partial charge in [0, 0.05) is 10.9 Å². The van der Waals surface area contributed by atoms with Crippen molar-refractivity contribution in [2.24, 2.45) is 0 Å². The standard InChI is InChI=1S/C11H10N2O2/c1-7-3-9-4-8(6-14)5-10(15-2)11(9)13-12-7/h3-6H,1-2H3. The number of nitrogens with zero attached hydrogens (tertiary/aromatic N) is 2. The number of fused-ring (bicyclic) bond motifs is 1. The van der Waals surface area contributed by atoms with E-state index in [0.29, 0.717) is 16.8 Å². The number of carbonyl (C=O) groups excluding carboxylic acids is 1. The zero-order valence-electron chi connectivity index (χ0n) is 8.52. The predicted octanol–water partition coefficient (Wildman–Crippen LogP) is 1.76. The molecule has 2 aromatic rings. The quantitative estimate of drug-likeness (QED) is 0.696. The van der Waals surface area contributed by atoms with Crippen molar-refractivity contribution in [3.05, 3.63) is 29.5 Å². The maximum atomic E-state index is 10.7. The van der Waals surface area contributed by atoms with Gasteiger partial charge in [-0.3, -0.25) is 4.79 Å². The monoisotopic (exact) mass is 202 g/mol. The summed E-state index contributed by atoms with van der Waals surface area (Å²) in [4.78, 5) is 10.7. The zero-order chi connectivity index (χ0) is 10.8. The van der Waals surface area contributed by atoms with Crippen molar-refractivity contribution in [1.82, 2.24) is 10.2 Å². The molecule has 0 atom stereocenters. The van der Waals surface area contributed by atoms with E-state index in [1.165, 1.54) is 0 Å². The van der Waals surface area contributed by atoms with Crippen LogP contribution in [-0.2, 0) is 0 Å². The Labute approximate surface area is 86.9 Å². The first-order valence-electron chi connectivity index (χ1n) is 4.52. The minimum absolute atomic E-state index is 0.571. The number of hydrogen-bond donors (Lipinski definition) is 0. The summed E-state index contributed by atoms with van der Waals surface area (Å²) >= 11 is 0. The lowest BCUT2D eigenvalue weighted by Crippen LogP contribution is -1.94. The molecule has 0 spiro atoms. The van der Waals surface area contributed by atoms with Gasteiger partial charge in [0.15, 0.2) is 0 Å². The van der Waals surface area contributed by atoms with E-state index in [1.807, 2.05) is 13.0 Å². The van der Waals surface area contributed by atoms with Gasteiger partial charge in [0.05, 0.1) is 12.8 Å². The Balaban J connectivity index is 2.80. The zero-order valence-corrected chi connectivity index (χ0v) is 8.52. The molecule has 0 amide bonds. The molecule has 1 aromatic carbocycles.